The topological polar surface area (TPSA) is 63.5 Å². The van der Waals surface area contributed by atoms with Gasteiger partial charge in [-0.15, -0.1) is 0 Å². The van der Waals surface area contributed by atoms with Gasteiger partial charge in [0.1, 0.15) is 5.65 Å². The molecule has 2 aromatic heterocycles. The number of anilines is 1. The van der Waals surface area contributed by atoms with Crippen molar-refractivity contribution in [2.45, 2.75) is 19.8 Å². The molecule has 1 N–H and O–H groups in total. The lowest BCUT2D eigenvalue weighted by Crippen LogP contribution is -2.16. The van der Waals surface area contributed by atoms with Crippen molar-refractivity contribution in [2.24, 2.45) is 0 Å². The Morgan fingerprint density at radius 1 is 1.41 bits per heavy atom. The largest absolute Gasteiger partial charge is 0.305 e. The van der Waals surface area contributed by atoms with Crippen LogP contribution < -0.4 is 4.72 Å². The first kappa shape index (κ1) is 11.9. The molecular weight excluding hydrogens is 238 g/mol. The van der Waals surface area contributed by atoms with E-state index in [1.807, 2.05) is 31.3 Å². The van der Waals surface area contributed by atoms with Crippen LogP contribution in [0.4, 0.5) is 5.82 Å². The molecule has 2 rings (SSSR count). The molecule has 0 aliphatic carbocycles. The normalized spacial score (nSPS) is 11.8. The summed E-state index contributed by atoms with van der Waals surface area (Å²) in [6.07, 6.45) is 5.00. The monoisotopic (exact) mass is 253 g/mol. The van der Waals surface area contributed by atoms with Crippen molar-refractivity contribution in [1.82, 2.24) is 9.38 Å². The van der Waals surface area contributed by atoms with Gasteiger partial charge in [-0.3, -0.25) is 4.72 Å². The molecule has 0 spiro atoms. The smallest absolute Gasteiger partial charge is 0.233 e. The molecule has 0 aromatic carbocycles. The highest BCUT2D eigenvalue weighted by molar-refractivity contribution is 7.92. The van der Waals surface area contributed by atoms with Crippen LogP contribution in [-0.4, -0.2) is 23.6 Å². The van der Waals surface area contributed by atoms with E-state index in [1.54, 1.807) is 10.6 Å². The van der Waals surface area contributed by atoms with Gasteiger partial charge in [-0.05, 0) is 18.6 Å². The van der Waals surface area contributed by atoms with Gasteiger partial charge in [-0.25, -0.2) is 13.4 Å². The number of aromatic nitrogens is 2. The fourth-order valence-electron chi connectivity index (χ4n) is 1.53. The summed E-state index contributed by atoms with van der Waals surface area (Å²) in [6, 6.07) is 5.55. The zero-order valence-electron chi connectivity index (χ0n) is 9.63. The average Bonchev–Trinajstić information content (AvgIpc) is 2.67. The van der Waals surface area contributed by atoms with E-state index in [0.717, 1.165) is 12.1 Å². The summed E-state index contributed by atoms with van der Waals surface area (Å²) in [4.78, 5) is 4.18. The molecule has 2 heterocycles. The van der Waals surface area contributed by atoms with Crippen molar-refractivity contribution in [3.8, 4) is 0 Å². The van der Waals surface area contributed by atoms with Crippen LogP contribution in [0.15, 0.2) is 30.6 Å². The van der Waals surface area contributed by atoms with Crippen molar-refractivity contribution in [3.63, 3.8) is 0 Å². The number of rotatable bonds is 5. The molecule has 92 valence electrons. The quantitative estimate of drug-likeness (QED) is 0.884. The molecule has 0 fully saturated rings. The number of pyridine rings is 1. The molecule has 0 saturated carbocycles. The summed E-state index contributed by atoms with van der Waals surface area (Å²) in [6.45, 7) is 1.96. The lowest BCUT2D eigenvalue weighted by Gasteiger charge is -2.03. The summed E-state index contributed by atoms with van der Waals surface area (Å²) in [5, 5.41) is 0. The fourth-order valence-corrected chi connectivity index (χ4v) is 2.72. The number of hydrogen-bond donors (Lipinski definition) is 1. The summed E-state index contributed by atoms with van der Waals surface area (Å²) >= 11 is 0. The van der Waals surface area contributed by atoms with Crippen LogP contribution in [0.2, 0.25) is 0 Å². The molecule has 17 heavy (non-hydrogen) atoms. The summed E-state index contributed by atoms with van der Waals surface area (Å²) in [5.41, 5.74) is 0.723. The van der Waals surface area contributed by atoms with Gasteiger partial charge in [0.15, 0.2) is 5.82 Å². The van der Waals surface area contributed by atoms with Crippen molar-refractivity contribution in [3.05, 3.63) is 30.6 Å². The zero-order chi connectivity index (χ0) is 12.3. The number of nitrogens with zero attached hydrogens (tertiary/aromatic N) is 2. The summed E-state index contributed by atoms with van der Waals surface area (Å²) in [7, 11) is -3.27. The number of nitrogens with one attached hydrogen (secondary N) is 1. The predicted molar refractivity (Wildman–Crippen MR) is 67.5 cm³/mol. The van der Waals surface area contributed by atoms with E-state index in [-0.39, 0.29) is 5.75 Å². The van der Waals surface area contributed by atoms with E-state index < -0.39 is 10.0 Å². The minimum Gasteiger partial charge on any atom is -0.305 e. The van der Waals surface area contributed by atoms with Gasteiger partial charge in [-0.2, -0.15) is 0 Å². The maximum atomic E-state index is 11.7. The Labute approximate surface area is 101 Å². The van der Waals surface area contributed by atoms with Gasteiger partial charge in [0, 0.05) is 6.20 Å². The van der Waals surface area contributed by atoms with E-state index in [1.165, 1.54) is 0 Å². The van der Waals surface area contributed by atoms with E-state index in [2.05, 4.69) is 9.71 Å². The van der Waals surface area contributed by atoms with Gasteiger partial charge < -0.3 is 4.40 Å². The van der Waals surface area contributed by atoms with E-state index in [0.29, 0.717) is 12.2 Å². The number of sulfonamides is 1. The fraction of sp³-hybridized carbons (Fsp3) is 0.364. The standard InChI is InChI=1S/C11H15N3O2S/c1-2-3-8-17(15,16)13-10-9-14-7-5-4-6-11(14)12-10/h4-7,9,13H,2-3,8H2,1H3. The van der Waals surface area contributed by atoms with Gasteiger partial charge in [-0.1, -0.05) is 19.4 Å². The SMILES string of the molecule is CCCCS(=O)(=O)Nc1cn2ccccc2n1. The third-order valence-electron chi connectivity index (χ3n) is 2.39. The van der Waals surface area contributed by atoms with Crippen LogP contribution in [-0.2, 0) is 10.0 Å². The molecule has 2 aromatic rings. The molecule has 0 unspecified atom stereocenters. The van der Waals surface area contributed by atoms with Gasteiger partial charge in [0.05, 0.1) is 11.9 Å². The molecular formula is C11H15N3O2S. The van der Waals surface area contributed by atoms with E-state index >= 15 is 0 Å². The average molecular weight is 253 g/mol. The van der Waals surface area contributed by atoms with Crippen LogP contribution in [0.5, 0.6) is 0 Å². The first-order chi connectivity index (χ1) is 8.11. The van der Waals surface area contributed by atoms with Crippen molar-refractivity contribution in [2.75, 3.05) is 10.5 Å². The third kappa shape index (κ3) is 2.97. The number of fused-ring (bicyclic) bond motifs is 1. The van der Waals surface area contributed by atoms with Gasteiger partial charge >= 0.3 is 0 Å². The number of imidazole rings is 1. The molecule has 6 heteroatoms. The molecule has 5 nitrogen and oxygen atoms in total. The van der Waals surface area contributed by atoms with Crippen molar-refractivity contribution < 1.29 is 8.42 Å². The minimum absolute atomic E-state index is 0.136. The second kappa shape index (κ2) is 4.75. The van der Waals surface area contributed by atoms with Crippen molar-refractivity contribution >= 4 is 21.5 Å². The second-order valence-corrected chi connectivity index (χ2v) is 5.71. The summed E-state index contributed by atoms with van der Waals surface area (Å²) < 4.78 is 27.6. The Balaban J connectivity index is 2.18. The van der Waals surface area contributed by atoms with Gasteiger partial charge in [0.25, 0.3) is 0 Å². The maximum absolute atomic E-state index is 11.7. The Bertz CT molecular complexity index is 571. The molecule has 0 radical (unpaired) electrons. The molecule has 0 saturated heterocycles. The van der Waals surface area contributed by atoms with Crippen LogP contribution in [0.1, 0.15) is 19.8 Å². The molecule has 0 bridgehead atoms. The van der Waals surface area contributed by atoms with E-state index in [9.17, 15) is 8.42 Å². The predicted octanol–water partition coefficient (Wildman–Crippen LogP) is 1.88. The van der Waals surface area contributed by atoms with Crippen LogP contribution >= 0.6 is 0 Å². The Morgan fingerprint density at radius 3 is 2.94 bits per heavy atom. The molecule has 0 amide bonds. The zero-order valence-corrected chi connectivity index (χ0v) is 10.4. The lowest BCUT2D eigenvalue weighted by molar-refractivity contribution is 0.597. The van der Waals surface area contributed by atoms with Crippen molar-refractivity contribution in [1.29, 1.82) is 0 Å². The third-order valence-corrected chi connectivity index (χ3v) is 3.74. The molecule has 0 aliphatic rings. The summed E-state index contributed by atoms with van der Waals surface area (Å²) in [5.74, 6) is 0.504. The highest BCUT2D eigenvalue weighted by Gasteiger charge is 2.11. The second-order valence-electron chi connectivity index (χ2n) is 3.87. The molecule has 0 atom stereocenters. The minimum atomic E-state index is -3.27. The lowest BCUT2D eigenvalue weighted by atomic mass is 10.4. The Morgan fingerprint density at radius 2 is 2.24 bits per heavy atom. The number of hydrogen-bond acceptors (Lipinski definition) is 3. The first-order valence-electron chi connectivity index (χ1n) is 5.55. The maximum Gasteiger partial charge on any atom is 0.233 e. The highest BCUT2D eigenvalue weighted by Crippen LogP contribution is 2.11. The highest BCUT2D eigenvalue weighted by atomic mass is 32.2. The van der Waals surface area contributed by atoms with Crippen LogP contribution in [0.25, 0.3) is 5.65 Å². The molecule has 0 aliphatic heterocycles. The van der Waals surface area contributed by atoms with Crippen LogP contribution in [0, 0.1) is 0 Å². The Hall–Kier alpha value is -1.56. The van der Waals surface area contributed by atoms with Crippen LogP contribution in [0.3, 0.4) is 0 Å². The van der Waals surface area contributed by atoms with E-state index in [4.69, 9.17) is 0 Å². The van der Waals surface area contributed by atoms with Gasteiger partial charge in [0.2, 0.25) is 10.0 Å². The first-order valence-corrected chi connectivity index (χ1v) is 7.20. The Kier molecular flexibility index (Phi) is 3.33. The number of unbranched alkanes of at least 4 members (excludes halogenated alkanes) is 1.